The second-order valence-corrected chi connectivity index (χ2v) is 8.28. The first kappa shape index (κ1) is 17.7. The summed E-state index contributed by atoms with van der Waals surface area (Å²) in [5, 5.41) is 0. The van der Waals surface area contributed by atoms with E-state index in [9.17, 15) is 4.57 Å². The zero-order valence-electron chi connectivity index (χ0n) is 14.8. The van der Waals surface area contributed by atoms with E-state index in [4.69, 9.17) is 4.52 Å². The van der Waals surface area contributed by atoms with E-state index < -0.39 is 0 Å². The third-order valence-electron chi connectivity index (χ3n) is 4.00. The minimum atomic E-state index is -0.326. The molecule has 2 aromatic rings. The quantitative estimate of drug-likeness (QED) is 0.598. The molecule has 0 bridgehead atoms. The second-order valence-electron chi connectivity index (χ2n) is 7.95. The van der Waals surface area contributed by atoms with Crippen molar-refractivity contribution in [1.29, 1.82) is 0 Å². The highest BCUT2D eigenvalue weighted by molar-refractivity contribution is 7.17. The summed E-state index contributed by atoms with van der Waals surface area (Å²) in [5.74, 6) is 0.606. The number of rotatable bonds is 3. The van der Waals surface area contributed by atoms with Crippen molar-refractivity contribution in [2.45, 2.75) is 52.4 Å². The molecule has 0 aliphatic rings. The van der Waals surface area contributed by atoms with Crippen molar-refractivity contribution in [2.75, 3.05) is 0 Å². The lowest BCUT2D eigenvalue weighted by Gasteiger charge is -2.27. The summed E-state index contributed by atoms with van der Waals surface area (Å²) in [5.41, 5.74) is 5.24. The van der Waals surface area contributed by atoms with Gasteiger partial charge in [-0.2, -0.15) is 0 Å². The summed E-state index contributed by atoms with van der Waals surface area (Å²) in [7, 11) is -0.326. The molecule has 0 fully saturated rings. The molecular weight excluding hydrogens is 303 g/mol. The van der Waals surface area contributed by atoms with Gasteiger partial charge in [0, 0.05) is 0 Å². The fourth-order valence-corrected chi connectivity index (χ4v) is 2.83. The lowest BCUT2D eigenvalue weighted by molar-refractivity contribution is 0.525. The van der Waals surface area contributed by atoms with Gasteiger partial charge in [-0.3, -0.25) is 0 Å². The van der Waals surface area contributed by atoms with Crippen molar-refractivity contribution in [3.8, 4) is 16.9 Å². The molecule has 0 aliphatic carbocycles. The summed E-state index contributed by atoms with van der Waals surface area (Å²) >= 11 is 0. The topological polar surface area (TPSA) is 26.3 Å². The van der Waals surface area contributed by atoms with E-state index in [1.807, 2.05) is 24.3 Å². The average molecular weight is 328 g/mol. The Hall–Kier alpha value is -1.66. The molecule has 0 atom stereocenters. The van der Waals surface area contributed by atoms with Crippen LogP contribution in [0.15, 0.2) is 42.5 Å². The fraction of sp³-hybridized carbons (Fsp3) is 0.400. The molecule has 122 valence electrons. The minimum Gasteiger partial charge on any atom is -0.408 e. The predicted molar refractivity (Wildman–Crippen MR) is 97.5 cm³/mol. The van der Waals surface area contributed by atoms with Crippen molar-refractivity contribution < 1.29 is 9.09 Å². The zero-order chi connectivity index (χ0) is 17.3. The molecule has 0 spiro atoms. The van der Waals surface area contributed by atoms with Gasteiger partial charge in [-0.15, -0.1) is 0 Å². The Morgan fingerprint density at radius 2 is 1.43 bits per heavy atom. The fourth-order valence-electron chi connectivity index (χ4n) is 2.62. The Kier molecular flexibility index (Phi) is 4.96. The summed E-state index contributed by atoms with van der Waals surface area (Å²) in [6.45, 7) is 13.4. The molecule has 0 heterocycles. The molecule has 2 rings (SSSR count). The van der Waals surface area contributed by atoms with Crippen LogP contribution in [0.1, 0.15) is 52.7 Å². The summed E-state index contributed by atoms with van der Waals surface area (Å²) in [4.78, 5) is 0. The van der Waals surface area contributed by atoms with Crippen LogP contribution >= 0.6 is 8.69 Å². The van der Waals surface area contributed by atoms with E-state index in [0.717, 1.165) is 5.56 Å². The molecule has 0 aliphatic heterocycles. The van der Waals surface area contributed by atoms with Crippen molar-refractivity contribution in [2.24, 2.45) is 0 Å². The molecule has 2 nitrogen and oxygen atoms in total. The van der Waals surface area contributed by atoms with E-state index in [1.54, 1.807) is 0 Å². The van der Waals surface area contributed by atoms with Gasteiger partial charge in [0.15, 0.2) is 0 Å². The summed E-state index contributed by atoms with van der Waals surface area (Å²) < 4.78 is 15.5. The van der Waals surface area contributed by atoms with E-state index in [-0.39, 0.29) is 19.5 Å². The third-order valence-corrected chi connectivity index (χ3v) is 4.29. The van der Waals surface area contributed by atoms with Crippen LogP contribution in [-0.4, -0.2) is 0 Å². The standard InChI is InChI=1S/C20H25O2P/c1-19(2,3)15-9-12-17(18(13-15)20(4,5)6)14-7-10-16(11-8-14)22-23-21/h7-13H,1-6H3. The normalized spacial score (nSPS) is 12.4. The molecule has 2 aromatic carbocycles. The first-order valence-corrected chi connectivity index (χ1v) is 8.61. The lowest BCUT2D eigenvalue weighted by atomic mass is 9.77. The molecule has 0 saturated carbocycles. The van der Waals surface area contributed by atoms with E-state index in [2.05, 4.69) is 59.7 Å². The van der Waals surface area contributed by atoms with Gasteiger partial charge in [0.05, 0.1) is 0 Å². The molecule has 23 heavy (non-hydrogen) atoms. The van der Waals surface area contributed by atoms with Gasteiger partial charge in [0.2, 0.25) is 0 Å². The monoisotopic (exact) mass is 328 g/mol. The summed E-state index contributed by atoms with van der Waals surface area (Å²) in [6, 6.07) is 14.5. The van der Waals surface area contributed by atoms with Crippen molar-refractivity contribution >= 4 is 8.69 Å². The highest BCUT2D eigenvalue weighted by Crippen LogP contribution is 2.37. The van der Waals surface area contributed by atoms with Crippen LogP contribution in [-0.2, 0) is 15.4 Å². The zero-order valence-corrected chi connectivity index (χ0v) is 15.7. The molecule has 0 N–H and O–H groups in total. The largest absolute Gasteiger partial charge is 0.408 e. The van der Waals surface area contributed by atoms with Crippen LogP contribution in [0.3, 0.4) is 0 Å². The van der Waals surface area contributed by atoms with Gasteiger partial charge in [-0.25, -0.2) is 4.57 Å². The van der Waals surface area contributed by atoms with Gasteiger partial charge in [0.1, 0.15) is 5.75 Å². The highest BCUT2D eigenvalue weighted by atomic mass is 31.1. The van der Waals surface area contributed by atoms with Crippen molar-refractivity contribution in [3.05, 3.63) is 53.6 Å². The molecule has 0 unspecified atom stereocenters. The van der Waals surface area contributed by atoms with Crippen molar-refractivity contribution in [3.63, 3.8) is 0 Å². The Morgan fingerprint density at radius 1 is 0.826 bits per heavy atom. The number of benzene rings is 2. The highest BCUT2D eigenvalue weighted by Gasteiger charge is 2.22. The van der Waals surface area contributed by atoms with Gasteiger partial charge in [-0.05, 0) is 45.2 Å². The number of hydrogen-bond donors (Lipinski definition) is 0. The van der Waals surface area contributed by atoms with Crippen LogP contribution in [0.4, 0.5) is 0 Å². The molecule has 0 saturated heterocycles. The first-order valence-electron chi connectivity index (χ1n) is 7.88. The Morgan fingerprint density at radius 3 is 1.91 bits per heavy atom. The average Bonchev–Trinajstić information content (AvgIpc) is 2.46. The van der Waals surface area contributed by atoms with Gasteiger partial charge in [-0.1, -0.05) is 71.9 Å². The number of hydrogen-bond acceptors (Lipinski definition) is 2. The third kappa shape index (κ3) is 4.20. The smallest absolute Gasteiger partial charge is 0.395 e. The van der Waals surface area contributed by atoms with Crippen LogP contribution in [0, 0.1) is 0 Å². The molecule has 0 radical (unpaired) electrons. The van der Waals surface area contributed by atoms with Crippen LogP contribution in [0.5, 0.6) is 5.75 Å². The Balaban J connectivity index is 2.55. The molecule has 0 aromatic heterocycles. The van der Waals surface area contributed by atoms with E-state index in [1.165, 1.54) is 16.7 Å². The maximum absolute atomic E-state index is 10.5. The lowest BCUT2D eigenvalue weighted by Crippen LogP contribution is -2.17. The van der Waals surface area contributed by atoms with Crippen LogP contribution in [0.25, 0.3) is 11.1 Å². The predicted octanol–water partition coefficient (Wildman–Crippen LogP) is 6.53. The molecule has 3 heteroatoms. The maximum atomic E-state index is 10.5. The SMILES string of the molecule is CC(C)(C)c1ccc(-c2ccc(OP=O)cc2)c(C(C)(C)C)c1. The molecular formula is C20H25O2P. The van der Waals surface area contributed by atoms with Gasteiger partial charge >= 0.3 is 8.69 Å². The Labute approximate surface area is 141 Å². The van der Waals surface area contributed by atoms with Crippen LogP contribution < -0.4 is 4.52 Å². The Bertz CT molecular complexity index is 689. The van der Waals surface area contributed by atoms with Gasteiger partial charge < -0.3 is 4.52 Å². The first-order chi connectivity index (χ1) is 10.6. The molecule has 0 amide bonds. The van der Waals surface area contributed by atoms with E-state index in [0.29, 0.717) is 5.75 Å². The van der Waals surface area contributed by atoms with Gasteiger partial charge in [0.25, 0.3) is 0 Å². The second kappa shape index (κ2) is 6.45. The summed E-state index contributed by atoms with van der Waals surface area (Å²) in [6.07, 6.45) is 0. The minimum absolute atomic E-state index is 0.0550. The maximum Gasteiger partial charge on any atom is 0.395 e. The van der Waals surface area contributed by atoms with E-state index >= 15 is 0 Å². The van der Waals surface area contributed by atoms with Crippen molar-refractivity contribution in [1.82, 2.24) is 0 Å². The van der Waals surface area contributed by atoms with Crippen LogP contribution in [0.2, 0.25) is 0 Å².